The van der Waals surface area contributed by atoms with Gasteiger partial charge in [-0.05, 0) is 51.0 Å². The Morgan fingerprint density at radius 3 is 2.54 bits per heavy atom. The summed E-state index contributed by atoms with van der Waals surface area (Å²) in [5, 5.41) is 4.50. The molecule has 0 spiro atoms. The van der Waals surface area contributed by atoms with E-state index in [9.17, 15) is 0 Å². The van der Waals surface area contributed by atoms with Crippen LogP contribution in [-0.2, 0) is 6.54 Å². The van der Waals surface area contributed by atoms with Crippen LogP contribution in [0.3, 0.4) is 0 Å². The average molecular weight is 372 g/mol. The van der Waals surface area contributed by atoms with E-state index in [0.29, 0.717) is 0 Å². The summed E-state index contributed by atoms with van der Waals surface area (Å²) in [5.41, 5.74) is 3.32. The van der Waals surface area contributed by atoms with Crippen molar-refractivity contribution >= 4 is 12.4 Å². The summed E-state index contributed by atoms with van der Waals surface area (Å²) in [6, 6.07) is 10.2. The molecule has 0 atom stereocenters. The largest absolute Gasteiger partial charge is 0.330 e. The Hall–Kier alpha value is -2.11. The topological polar surface area (TPSA) is 38.9 Å². The number of hydrogen-bond acceptors (Lipinski definition) is 3. The zero-order valence-corrected chi connectivity index (χ0v) is 15.8. The number of para-hydroxylation sites is 1. The Labute approximate surface area is 161 Å². The lowest BCUT2D eigenvalue weighted by Gasteiger charge is -2.26. The molecule has 5 nitrogen and oxygen atoms in total. The number of piperidine rings is 1. The lowest BCUT2D eigenvalue weighted by atomic mass is 10.1. The molecule has 0 saturated carbocycles. The van der Waals surface area contributed by atoms with Crippen LogP contribution in [0.5, 0.6) is 0 Å². The predicted molar refractivity (Wildman–Crippen MR) is 107 cm³/mol. The molecule has 26 heavy (non-hydrogen) atoms. The smallest absolute Gasteiger partial charge is 0.0950 e. The minimum absolute atomic E-state index is 0. The summed E-state index contributed by atoms with van der Waals surface area (Å²) in [6.07, 6.45) is 13.1. The van der Waals surface area contributed by atoms with Crippen LogP contribution in [-0.4, -0.2) is 43.9 Å². The van der Waals surface area contributed by atoms with E-state index in [-0.39, 0.29) is 12.4 Å². The van der Waals surface area contributed by atoms with Crippen molar-refractivity contribution in [2.75, 3.05) is 19.6 Å². The van der Waals surface area contributed by atoms with Crippen LogP contribution < -0.4 is 0 Å². The average Bonchev–Trinajstić information content (AvgIpc) is 3.32. The van der Waals surface area contributed by atoms with Gasteiger partial charge in [0.05, 0.1) is 30.1 Å². The predicted octanol–water partition coefficient (Wildman–Crippen LogP) is 4.03. The third-order valence-corrected chi connectivity index (χ3v) is 4.93. The fourth-order valence-corrected chi connectivity index (χ4v) is 3.56. The second-order valence-electron chi connectivity index (χ2n) is 6.74. The molecule has 1 aliphatic heterocycles. The molecule has 1 aliphatic rings. The van der Waals surface area contributed by atoms with Crippen LogP contribution >= 0.6 is 12.4 Å². The van der Waals surface area contributed by atoms with Crippen molar-refractivity contribution in [3.63, 3.8) is 0 Å². The Morgan fingerprint density at radius 2 is 1.73 bits per heavy atom. The molecule has 0 N–H and O–H groups in total. The van der Waals surface area contributed by atoms with Crippen LogP contribution in [0.25, 0.3) is 16.9 Å². The number of imidazole rings is 1. The van der Waals surface area contributed by atoms with E-state index >= 15 is 0 Å². The number of likely N-dealkylation sites (tertiary alicyclic amines) is 1. The Kier molecular flexibility index (Phi) is 6.47. The molecule has 0 unspecified atom stereocenters. The van der Waals surface area contributed by atoms with E-state index in [0.717, 1.165) is 29.9 Å². The van der Waals surface area contributed by atoms with E-state index in [4.69, 9.17) is 0 Å². The van der Waals surface area contributed by atoms with Crippen molar-refractivity contribution < 1.29 is 0 Å². The van der Waals surface area contributed by atoms with Crippen molar-refractivity contribution in [2.24, 2.45) is 0 Å². The van der Waals surface area contributed by atoms with Gasteiger partial charge in [0, 0.05) is 18.3 Å². The van der Waals surface area contributed by atoms with E-state index in [2.05, 4.69) is 37.9 Å². The van der Waals surface area contributed by atoms with Crippen LogP contribution in [0, 0.1) is 0 Å². The van der Waals surface area contributed by atoms with Crippen LogP contribution in [0.2, 0.25) is 0 Å². The molecule has 4 rings (SSSR count). The lowest BCUT2D eigenvalue weighted by molar-refractivity contribution is 0.223. The lowest BCUT2D eigenvalue weighted by Crippen LogP contribution is -2.31. The van der Waals surface area contributed by atoms with Gasteiger partial charge in [-0.15, -0.1) is 12.4 Å². The first-order valence-corrected chi connectivity index (χ1v) is 9.23. The summed E-state index contributed by atoms with van der Waals surface area (Å²) < 4.78 is 4.16. The SMILES string of the molecule is Cl.c1ccc(-n2cc(-c3cncn3CCCN3CCCCC3)cn2)cc1. The van der Waals surface area contributed by atoms with Crippen molar-refractivity contribution in [1.82, 2.24) is 24.2 Å². The van der Waals surface area contributed by atoms with Gasteiger partial charge in [0.25, 0.3) is 0 Å². The van der Waals surface area contributed by atoms with Gasteiger partial charge in [-0.3, -0.25) is 0 Å². The highest BCUT2D eigenvalue weighted by molar-refractivity contribution is 5.85. The maximum absolute atomic E-state index is 4.50. The van der Waals surface area contributed by atoms with Crippen molar-refractivity contribution in [3.8, 4) is 16.9 Å². The highest BCUT2D eigenvalue weighted by Gasteiger charge is 2.11. The molecular formula is C20H26ClN5. The summed E-state index contributed by atoms with van der Waals surface area (Å²) in [4.78, 5) is 6.95. The quantitative estimate of drug-likeness (QED) is 0.656. The highest BCUT2D eigenvalue weighted by atomic mass is 35.5. The maximum Gasteiger partial charge on any atom is 0.0950 e. The summed E-state index contributed by atoms with van der Waals surface area (Å²) in [7, 11) is 0. The number of aromatic nitrogens is 4. The number of benzene rings is 1. The number of rotatable bonds is 6. The van der Waals surface area contributed by atoms with Gasteiger partial charge in [0.1, 0.15) is 0 Å². The van der Waals surface area contributed by atoms with Gasteiger partial charge in [-0.1, -0.05) is 24.6 Å². The minimum Gasteiger partial charge on any atom is -0.330 e. The Bertz CT molecular complexity index is 789. The number of hydrogen-bond donors (Lipinski definition) is 0. The van der Waals surface area contributed by atoms with Gasteiger partial charge in [-0.2, -0.15) is 5.10 Å². The molecule has 2 aromatic heterocycles. The highest BCUT2D eigenvalue weighted by Crippen LogP contribution is 2.20. The molecule has 0 amide bonds. The minimum atomic E-state index is 0. The van der Waals surface area contributed by atoms with E-state index < -0.39 is 0 Å². The van der Waals surface area contributed by atoms with Crippen LogP contribution in [0.4, 0.5) is 0 Å². The van der Waals surface area contributed by atoms with Crippen molar-refractivity contribution in [2.45, 2.75) is 32.2 Å². The first-order valence-electron chi connectivity index (χ1n) is 9.23. The molecule has 1 fully saturated rings. The molecule has 1 aromatic carbocycles. The van der Waals surface area contributed by atoms with Crippen LogP contribution in [0.15, 0.2) is 55.2 Å². The summed E-state index contributed by atoms with van der Waals surface area (Å²) in [6.45, 7) is 4.71. The molecule has 3 aromatic rings. The molecule has 0 radical (unpaired) electrons. The van der Waals surface area contributed by atoms with Crippen molar-refractivity contribution in [3.05, 3.63) is 55.2 Å². The van der Waals surface area contributed by atoms with E-state index in [1.165, 1.54) is 38.9 Å². The van der Waals surface area contributed by atoms with Gasteiger partial charge in [0.2, 0.25) is 0 Å². The van der Waals surface area contributed by atoms with Gasteiger partial charge < -0.3 is 9.47 Å². The van der Waals surface area contributed by atoms with Crippen LogP contribution in [0.1, 0.15) is 25.7 Å². The normalized spacial score (nSPS) is 14.9. The standard InChI is InChI=1S/C20H25N5.ClH/c1-3-8-19(9-4-1)25-16-18(14-22-25)20-15-21-17-24(20)13-7-12-23-10-5-2-6-11-23;/h1,3-4,8-9,14-17H,2,5-7,10-13H2;1H. The second-order valence-corrected chi connectivity index (χ2v) is 6.74. The fourth-order valence-electron chi connectivity index (χ4n) is 3.56. The molecule has 0 bridgehead atoms. The molecule has 138 valence electrons. The maximum atomic E-state index is 4.50. The zero-order chi connectivity index (χ0) is 16.9. The van der Waals surface area contributed by atoms with E-state index in [1.807, 2.05) is 41.6 Å². The van der Waals surface area contributed by atoms with Crippen molar-refractivity contribution in [1.29, 1.82) is 0 Å². The molecule has 1 saturated heterocycles. The molecular weight excluding hydrogens is 346 g/mol. The number of nitrogens with zero attached hydrogens (tertiary/aromatic N) is 5. The fraction of sp³-hybridized carbons (Fsp3) is 0.400. The summed E-state index contributed by atoms with van der Waals surface area (Å²) >= 11 is 0. The first-order chi connectivity index (χ1) is 12.4. The molecule has 6 heteroatoms. The Balaban J connectivity index is 0.00000196. The third-order valence-electron chi connectivity index (χ3n) is 4.93. The zero-order valence-electron chi connectivity index (χ0n) is 15.0. The third kappa shape index (κ3) is 4.34. The Morgan fingerprint density at radius 1 is 0.923 bits per heavy atom. The number of aryl methyl sites for hydroxylation is 1. The van der Waals surface area contributed by atoms with Gasteiger partial charge in [-0.25, -0.2) is 9.67 Å². The monoisotopic (exact) mass is 371 g/mol. The van der Waals surface area contributed by atoms with Gasteiger partial charge >= 0.3 is 0 Å². The first kappa shape index (κ1) is 18.7. The summed E-state index contributed by atoms with van der Waals surface area (Å²) in [5.74, 6) is 0. The second kappa shape index (κ2) is 9.01. The molecule has 3 heterocycles. The van der Waals surface area contributed by atoms with Gasteiger partial charge in [0.15, 0.2) is 0 Å². The number of halogens is 1. The van der Waals surface area contributed by atoms with E-state index in [1.54, 1.807) is 0 Å². The molecule has 0 aliphatic carbocycles.